The summed E-state index contributed by atoms with van der Waals surface area (Å²) in [6.45, 7) is 0. The van der Waals surface area contributed by atoms with Crippen LogP contribution in [0.2, 0.25) is 0 Å². The largest absolute Gasteiger partial charge is 0.481 e. The Morgan fingerprint density at radius 3 is 2.61 bits per heavy atom. The molecule has 2 bridgehead atoms. The SMILES string of the molecule is O=C(O)C(c1ccccc1Br)C1CC2CCC1C2. The summed E-state index contributed by atoms with van der Waals surface area (Å²) in [6.07, 6.45) is 4.88. The highest BCUT2D eigenvalue weighted by molar-refractivity contribution is 9.10. The molecular formula is C15H17BrO2. The van der Waals surface area contributed by atoms with Gasteiger partial charge in [-0.15, -0.1) is 0 Å². The van der Waals surface area contributed by atoms with Crippen molar-refractivity contribution in [3.05, 3.63) is 34.3 Å². The lowest BCUT2D eigenvalue weighted by atomic mass is 9.76. The molecule has 1 aromatic carbocycles. The summed E-state index contributed by atoms with van der Waals surface area (Å²) in [5, 5.41) is 9.62. The molecule has 2 nitrogen and oxygen atoms in total. The minimum Gasteiger partial charge on any atom is -0.481 e. The van der Waals surface area contributed by atoms with Crippen molar-refractivity contribution in [1.29, 1.82) is 0 Å². The molecule has 3 rings (SSSR count). The Morgan fingerprint density at radius 1 is 1.28 bits per heavy atom. The third kappa shape index (κ3) is 1.99. The van der Waals surface area contributed by atoms with Gasteiger partial charge in [-0.25, -0.2) is 0 Å². The minimum absolute atomic E-state index is 0.333. The van der Waals surface area contributed by atoms with Crippen molar-refractivity contribution in [3.8, 4) is 0 Å². The molecule has 3 heteroatoms. The monoisotopic (exact) mass is 308 g/mol. The molecule has 0 amide bonds. The van der Waals surface area contributed by atoms with E-state index in [1.165, 1.54) is 19.3 Å². The summed E-state index contributed by atoms with van der Waals surface area (Å²) in [4.78, 5) is 11.7. The van der Waals surface area contributed by atoms with Crippen LogP contribution in [0, 0.1) is 17.8 Å². The average molecular weight is 309 g/mol. The lowest BCUT2D eigenvalue weighted by Gasteiger charge is -2.28. The van der Waals surface area contributed by atoms with Crippen molar-refractivity contribution < 1.29 is 9.90 Å². The first kappa shape index (κ1) is 12.2. The van der Waals surface area contributed by atoms with E-state index in [9.17, 15) is 9.90 Å². The maximum atomic E-state index is 11.7. The number of hydrogen-bond donors (Lipinski definition) is 1. The third-order valence-electron chi connectivity index (χ3n) is 4.73. The molecule has 4 unspecified atom stereocenters. The summed E-state index contributed by atoms with van der Waals surface area (Å²) >= 11 is 3.50. The fraction of sp³-hybridized carbons (Fsp3) is 0.533. The van der Waals surface area contributed by atoms with E-state index in [4.69, 9.17) is 0 Å². The van der Waals surface area contributed by atoms with Gasteiger partial charge in [-0.3, -0.25) is 4.79 Å². The molecule has 0 aliphatic heterocycles. The van der Waals surface area contributed by atoms with Crippen molar-refractivity contribution in [3.63, 3.8) is 0 Å². The second kappa shape index (κ2) is 4.69. The Balaban J connectivity index is 1.94. The van der Waals surface area contributed by atoms with Crippen LogP contribution in [-0.2, 0) is 4.79 Å². The Bertz CT molecular complexity index is 471. The molecule has 1 N–H and O–H groups in total. The Morgan fingerprint density at radius 2 is 2.06 bits per heavy atom. The first-order chi connectivity index (χ1) is 8.66. The summed E-state index contributed by atoms with van der Waals surface area (Å²) < 4.78 is 0.931. The second-order valence-corrected chi connectivity index (χ2v) is 6.53. The van der Waals surface area contributed by atoms with Crippen molar-refractivity contribution in [2.45, 2.75) is 31.6 Å². The molecule has 4 atom stereocenters. The molecule has 2 saturated carbocycles. The van der Waals surface area contributed by atoms with E-state index in [0.29, 0.717) is 11.8 Å². The van der Waals surface area contributed by atoms with Gasteiger partial charge < -0.3 is 5.11 Å². The maximum absolute atomic E-state index is 11.7. The fourth-order valence-corrected chi connectivity index (χ4v) is 4.51. The molecule has 18 heavy (non-hydrogen) atoms. The van der Waals surface area contributed by atoms with Gasteiger partial charge in [0.25, 0.3) is 0 Å². The fourth-order valence-electron chi connectivity index (χ4n) is 3.98. The van der Waals surface area contributed by atoms with Gasteiger partial charge in [-0.1, -0.05) is 40.5 Å². The van der Waals surface area contributed by atoms with Gasteiger partial charge in [0.05, 0.1) is 5.92 Å². The highest BCUT2D eigenvalue weighted by atomic mass is 79.9. The number of carboxylic acid groups (broad SMARTS) is 1. The zero-order valence-corrected chi connectivity index (χ0v) is 11.8. The number of rotatable bonds is 3. The van der Waals surface area contributed by atoms with Crippen molar-refractivity contribution in [2.24, 2.45) is 17.8 Å². The van der Waals surface area contributed by atoms with E-state index in [1.807, 2.05) is 24.3 Å². The molecule has 0 radical (unpaired) electrons. The van der Waals surface area contributed by atoms with Gasteiger partial charge in [0, 0.05) is 4.47 Å². The van der Waals surface area contributed by atoms with Crippen LogP contribution in [0.1, 0.15) is 37.2 Å². The van der Waals surface area contributed by atoms with Crippen LogP contribution < -0.4 is 0 Å². The van der Waals surface area contributed by atoms with Crippen molar-refractivity contribution >= 4 is 21.9 Å². The van der Waals surface area contributed by atoms with Crippen LogP contribution in [0.4, 0.5) is 0 Å². The number of halogens is 1. The molecule has 96 valence electrons. The Kier molecular flexibility index (Phi) is 3.18. The Labute approximate surface area is 116 Å². The Hall–Kier alpha value is -0.830. The number of carbonyl (C=O) groups is 1. The van der Waals surface area contributed by atoms with Gasteiger partial charge in [0.1, 0.15) is 0 Å². The summed E-state index contributed by atoms with van der Waals surface area (Å²) in [7, 11) is 0. The van der Waals surface area contributed by atoms with Gasteiger partial charge >= 0.3 is 5.97 Å². The number of aliphatic carboxylic acids is 1. The van der Waals surface area contributed by atoms with Crippen LogP contribution in [0.5, 0.6) is 0 Å². The molecule has 0 heterocycles. The van der Waals surface area contributed by atoms with Gasteiger partial charge in [0.15, 0.2) is 0 Å². The van der Waals surface area contributed by atoms with Crippen molar-refractivity contribution in [2.75, 3.05) is 0 Å². The normalized spacial score (nSPS) is 31.5. The molecule has 2 fully saturated rings. The lowest BCUT2D eigenvalue weighted by molar-refractivity contribution is -0.140. The van der Waals surface area contributed by atoms with Crippen LogP contribution in [0.25, 0.3) is 0 Å². The third-order valence-corrected chi connectivity index (χ3v) is 5.45. The van der Waals surface area contributed by atoms with Crippen LogP contribution in [0.15, 0.2) is 28.7 Å². The molecule has 2 aliphatic rings. The second-order valence-electron chi connectivity index (χ2n) is 5.68. The van der Waals surface area contributed by atoms with Crippen molar-refractivity contribution in [1.82, 2.24) is 0 Å². The zero-order valence-electron chi connectivity index (χ0n) is 10.2. The van der Waals surface area contributed by atoms with E-state index in [-0.39, 0.29) is 5.92 Å². The van der Waals surface area contributed by atoms with E-state index in [2.05, 4.69) is 15.9 Å². The molecule has 0 spiro atoms. The summed E-state index contributed by atoms with van der Waals surface area (Å²) in [5.41, 5.74) is 0.947. The molecule has 1 aromatic rings. The first-order valence-electron chi connectivity index (χ1n) is 6.64. The van der Waals surface area contributed by atoms with Gasteiger partial charge in [-0.05, 0) is 48.6 Å². The van der Waals surface area contributed by atoms with Crippen LogP contribution >= 0.6 is 15.9 Å². The van der Waals surface area contributed by atoms with Crippen LogP contribution in [0.3, 0.4) is 0 Å². The number of benzene rings is 1. The molecule has 0 saturated heterocycles. The van der Waals surface area contributed by atoms with E-state index < -0.39 is 5.97 Å². The minimum atomic E-state index is -0.667. The lowest BCUT2D eigenvalue weighted by Crippen LogP contribution is -2.26. The predicted octanol–water partition coefficient (Wildman–Crippen LogP) is 4.05. The van der Waals surface area contributed by atoms with Gasteiger partial charge in [0.2, 0.25) is 0 Å². The maximum Gasteiger partial charge on any atom is 0.311 e. The average Bonchev–Trinajstić information content (AvgIpc) is 2.94. The van der Waals surface area contributed by atoms with E-state index in [0.717, 1.165) is 22.4 Å². The summed E-state index contributed by atoms with van der Waals surface area (Å²) in [5.74, 6) is 0.739. The first-order valence-corrected chi connectivity index (χ1v) is 7.43. The van der Waals surface area contributed by atoms with Crippen LogP contribution in [-0.4, -0.2) is 11.1 Å². The number of carboxylic acids is 1. The standard InChI is InChI=1S/C15H17BrO2/c16-13-4-2-1-3-11(13)14(15(17)18)12-8-9-5-6-10(12)7-9/h1-4,9-10,12,14H,5-8H2,(H,17,18). The van der Waals surface area contributed by atoms with E-state index in [1.54, 1.807) is 0 Å². The van der Waals surface area contributed by atoms with Gasteiger partial charge in [-0.2, -0.15) is 0 Å². The van der Waals surface area contributed by atoms with E-state index >= 15 is 0 Å². The molecule has 0 aromatic heterocycles. The topological polar surface area (TPSA) is 37.3 Å². The smallest absolute Gasteiger partial charge is 0.311 e. The number of fused-ring (bicyclic) bond motifs is 2. The summed E-state index contributed by atoms with van der Waals surface area (Å²) in [6, 6.07) is 7.77. The highest BCUT2D eigenvalue weighted by Gasteiger charge is 2.46. The zero-order chi connectivity index (χ0) is 12.7. The highest BCUT2D eigenvalue weighted by Crippen LogP contribution is 2.53. The number of hydrogen-bond acceptors (Lipinski definition) is 1. The predicted molar refractivity (Wildman–Crippen MR) is 73.5 cm³/mol. The quantitative estimate of drug-likeness (QED) is 0.914. The molecule has 2 aliphatic carbocycles. The molecular weight excluding hydrogens is 292 g/mol.